The first-order chi connectivity index (χ1) is 9.09. The highest BCUT2D eigenvalue weighted by atomic mass is 127. The fraction of sp³-hybridized carbons (Fsp3) is 0.467. The van der Waals surface area contributed by atoms with Crippen molar-refractivity contribution in [1.29, 1.82) is 0 Å². The molecule has 4 heteroatoms. The number of likely N-dealkylation sites (tertiary alicyclic amines) is 1. The zero-order valence-corrected chi connectivity index (χ0v) is 13.2. The Bertz CT molecular complexity index is 487. The minimum atomic E-state index is 0.0657. The molecule has 0 spiro atoms. The molecule has 1 unspecified atom stereocenters. The first-order valence-corrected chi connectivity index (χ1v) is 7.72. The van der Waals surface area contributed by atoms with Crippen molar-refractivity contribution < 1.29 is 9.59 Å². The molecule has 1 heterocycles. The van der Waals surface area contributed by atoms with Crippen LogP contribution in [0.1, 0.15) is 43.0 Å². The second kappa shape index (κ2) is 6.50. The maximum absolute atomic E-state index is 12.6. The van der Waals surface area contributed by atoms with E-state index in [4.69, 9.17) is 0 Å². The van der Waals surface area contributed by atoms with Gasteiger partial charge in [-0.2, -0.15) is 0 Å². The second-order valence-corrected chi connectivity index (χ2v) is 6.20. The van der Waals surface area contributed by atoms with Crippen molar-refractivity contribution in [3.05, 3.63) is 33.4 Å². The standard InChI is InChI=1S/C15H18INO2/c1-11(18)10-12-6-4-5-9-17(12)15(19)13-7-2-3-8-14(13)16/h2-3,7-8,12H,4-6,9-10H2,1H3. The van der Waals surface area contributed by atoms with Crippen molar-refractivity contribution >= 4 is 34.3 Å². The number of halogens is 1. The van der Waals surface area contributed by atoms with Crippen LogP contribution in [0.2, 0.25) is 0 Å². The largest absolute Gasteiger partial charge is 0.335 e. The van der Waals surface area contributed by atoms with Gasteiger partial charge in [0.05, 0.1) is 5.56 Å². The van der Waals surface area contributed by atoms with Gasteiger partial charge in [0.1, 0.15) is 5.78 Å². The van der Waals surface area contributed by atoms with Crippen molar-refractivity contribution in [2.24, 2.45) is 0 Å². The van der Waals surface area contributed by atoms with E-state index in [0.29, 0.717) is 6.42 Å². The Balaban J connectivity index is 2.20. The summed E-state index contributed by atoms with van der Waals surface area (Å²) in [6, 6.07) is 7.71. The number of piperidine rings is 1. The quantitative estimate of drug-likeness (QED) is 0.765. The van der Waals surface area contributed by atoms with E-state index in [0.717, 1.165) is 34.9 Å². The Hall–Kier alpha value is -0.910. The van der Waals surface area contributed by atoms with Crippen LogP contribution in [0.15, 0.2) is 24.3 Å². The molecule has 0 bridgehead atoms. The normalized spacial score (nSPS) is 19.3. The van der Waals surface area contributed by atoms with Crippen LogP contribution in [0, 0.1) is 3.57 Å². The topological polar surface area (TPSA) is 37.4 Å². The van der Waals surface area contributed by atoms with E-state index in [1.54, 1.807) is 6.92 Å². The maximum Gasteiger partial charge on any atom is 0.255 e. The van der Waals surface area contributed by atoms with Gasteiger partial charge < -0.3 is 4.90 Å². The highest BCUT2D eigenvalue weighted by molar-refractivity contribution is 14.1. The van der Waals surface area contributed by atoms with Gasteiger partial charge in [0, 0.05) is 22.6 Å². The fourth-order valence-electron chi connectivity index (χ4n) is 2.60. The van der Waals surface area contributed by atoms with E-state index in [1.165, 1.54) is 0 Å². The molecule has 0 aliphatic carbocycles. The minimum absolute atomic E-state index is 0.0657. The van der Waals surface area contributed by atoms with Crippen LogP contribution < -0.4 is 0 Å². The van der Waals surface area contributed by atoms with E-state index in [2.05, 4.69) is 22.6 Å². The predicted molar refractivity (Wildman–Crippen MR) is 83.1 cm³/mol. The van der Waals surface area contributed by atoms with E-state index >= 15 is 0 Å². The van der Waals surface area contributed by atoms with Crippen molar-refractivity contribution in [2.45, 2.75) is 38.6 Å². The maximum atomic E-state index is 12.6. The number of rotatable bonds is 3. The molecule has 1 fully saturated rings. The molecule has 3 nitrogen and oxygen atoms in total. The summed E-state index contributed by atoms with van der Waals surface area (Å²) in [4.78, 5) is 25.9. The number of ketones is 1. The van der Waals surface area contributed by atoms with Crippen molar-refractivity contribution in [3.8, 4) is 0 Å². The third kappa shape index (κ3) is 3.55. The Morgan fingerprint density at radius 1 is 1.32 bits per heavy atom. The molecule has 1 atom stereocenters. The Labute approximate surface area is 127 Å². The summed E-state index contributed by atoms with van der Waals surface area (Å²) in [5.41, 5.74) is 0.749. The zero-order chi connectivity index (χ0) is 13.8. The number of carbonyl (C=O) groups is 2. The Morgan fingerprint density at radius 3 is 2.74 bits per heavy atom. The monoisotopic (exact) mass is 371 g/mol. The second-order valence-electron chi connectivity index (χ2n) is 5.03. The number of carbonyl (C=O) groups excluding carboxylic acids is 2. The lowest BCUT2D eigenvalue weighted by Crippen LogP contribution is -2.44. The number of Topliss-reactive ketones (excluding diaryl/α,β-unsaturated/α-hetero) is 1. The summed E-state index contributed by atoms with van der Waals surface area (Å²) in [7, 11) is 0. The molecule has 1 aliphatic heterocycles. The molecule has 0 saturated carbocycles. The van der Waals surface area contributed by atoms with Gasteiger partial charge in [-0.15, -0.1) is 0 Å². The molecule has 0 aromatic heterocycles. The summed E-state index contributed by atoms with van der Waals surface area (Å²) in [6.45, 7) is 2.37. The number of benzene rings is 1. The fourth-order valence-corrected chi connectivity index (χ4v) is 3.22. The Morgan fingerprint density at radius 2 is 2.05 bits per heavy atom. The first-order valence-electron chi connectivity index (χ1n) is 6.64. The summed E-state index contributed by atoms with van der Waals surface area (Å²) < 4.78 is 0.970. The van der Waals surface area contributed by atoms with Crippen molar-refractivity contribution in [3.63, 3.8) is 0 Å². The smallest absolute Gasteiger partial charge is 0.255 e. The molecule has 1 aromatic rings. The summed E-state index contributed by atoms with van der Waals surface area (Å²) >= 11 is 2.19. The summed E-state index contributed by atoms with van der Waals surface area (Å²) in [6.07, 6.45) is 3.56. The highest BCUT2D eigenvalue weighted by Gasteiger charge is 2.28. The van der Waals surface area contributed by atoms with E-state index < -0.39 is 0 Å². The third-order valence-corrected chi connectivity index (χ3v) is 4.46. The number of hydrogen-bond donors (Lipinski definition) is 0. The van der Waals surface area contributed by atoms with Crippen LogP contribution in [-0.4, -0.2) is 29.2 Å². The van der Waals surface area contributed by atoms with Gasteiger partial charge in [-0.1, -0.05) is 12.1 Å². The van der Waals surface area contributed by atoms with Gasteiger partial charge in [0.25, 0.3) is 5.91 Å². The Kier molecular flexibility index (Phi) is 4.96. The van der Waals surface area contributed by atoms with Gasteiger partial charge in [-0.05, 0) is 60.9 Å². The van der Waals surface area contributed by atoms with Gasteiger partial charge in [0.15, 0.2) is 0 Å². The van der Waals surface area contributed by atoms with Gasteiger partial charge in [-0.3, -0.25) is 9.59 Å². The lowest BCUT2D eigenvalue weighted by molar-refractivity contribution is -0.118. The molecule has 1 saturated heterocycles. The molecule has 1 aliphatic rings. The first kappa shape index (κ1) is 14.5. The third-order valence-electron chi connectivity index (χ3n) is 3.52. The predicted octanol–water partition coefficient (Wildman–Crippen LogP) is 3.27. The van der Waals surface area contributed by atoms with Gasteiger partial charge >= 0.3 is 0 Å². The molecule has 0 N–H and O–H groups in total. The molecule has 1 amide bonds. The average molecular weight is 371 g/mol. The van der Waals surface area contributed by atoms with Gasteiger partial charge in [0.2, 0.25) is 0 Å². The van der Waals surface area contributed by atoms with Crippen LogP contribution in [0.3, 0.4) is 0 Å². The number of amides is 1. The molecule has 0 radical (unpaired) electrons. The van der Waals surface area contributed by atoms with Gasteiger partial charge in [-0.25, -0.2) is 0 Å². The van der Waals surface area contributed by atoms with Crippen molar-refractivity contribution in [1.82, 2.24) is 4.90 Å². The average Bonchev–Trinajstić information content (AvgIpc) is 2.38. The van der Waals surface area contributed by atoms with Crippen molar-refractivity contribution in [2.75, 3.05) is 6.54 Å². The SMILES string of the molecule is CC(=O)CC1CCCCN1C(=O)c1ccccc1I. The van der Waals surface area contributed by atoms with E-state index in [-0.39, 0.29) is 17.7 Å². The lowest BCUT2D eigenvalue weighted by atomic mass is 9.97. The number of nitrogens with zero attached hydrogens (tertiary/aromatic N) is 1. The van der Waals surface area contributed by atoms with Crippen LogP contribution in [0.5, 0.6) is 0 Å². The molecule has 19 heavy (non-hydrogen) atoms. The molecular formula is C15H18INO2. The van der Waals surface area contributed by atoms with Crippen LogP contribution in [0.25, 0.3) is 0 Å². The van der Waals surface area contributed by atoms with E-state index in [1.807, 2.05) is 29.2 Å². The zero-order valence-electron chi connectivity index (χ0n) is 11.1. The van der Waals surface area contributed by atoms with Crippen LogP contribution in [-0.2, 0) is 4.79 Å². The molecule has 102 valence electrons. The molecular weight excluding hydrogens is 353 g/mol. The summed E-state index contributed by atoms with van der Waals surface area (Å²) in [5, 5.41) is 0. The lowest BCUT2D eigenvalue weighted by Gasteiger charge is -2.35. The minimum Gasteiger partial charge on any atom is -0.335 e. The van der Waals surface area contributed by atoms with Crippen LogP contribution >= 0.6 is 22.6 Å². The number of hydrogen-bond acceptors (Lipinski definition) is 2. The van der Waals surface area contributed by atoms with Crippen LogP contribution in [0.4, 0.5) is 0 Å². The highest BCUT2D eigenvalue weighted by Crippen LogP contribution is 2.23. The molecule has 1 aromatic carbocycles. The van der Waals surface area contributed by atoms with E-state index in [9.17, 15) is 9.59 Å². The summed E-state index contributed by atoms with van der Waals surface area (Å²) in [5.74, 6) is 0.225. The molecule has 2 rings (SSSR count).